The van der Waals surface area contributed by atoms with Gasteiger partial charge >= 0.3 is 0 Å². The molecule has 0 saturated carbocycles. The molecule has 2 amide bonds. The van der Waals surface area contributed by atoms with Crippen LogP contribution in [0.3, 0.4) is 0 Å². The molecule has 0 aromatic heterocycles. The van der Waals surface area contributed by atoms with Crippen LogP contribution in [-0.2, 0) is 9.59 Å². The number of hydrogen-bond acceptors (Lipinski definition) is 5. The summed E-state index contributed by atoms with van der Waals surface area (Å²) in [6.45, 7) is 4.40. The Balaban J connectivity index is 1.78. The van der Waals surface area contributed by atoms with Crippen molar-refractivity contribution in [2.24, 2.45) is 0 Å². The molecule has 4 rings (SSSR count). The molecule has 0 spiro atoms. The van der Waals surface area contributed by atoms with Gasteiger partial charge in [-0.2, -0.15) is 0 Å². The van der Waals surface area contributed by atoms with Crippen molar-refractivity contribution in [1.29, 1.82) is 0 Å². The standard InChI is InChI=1S/C26H24N2O4/c1-4-32-20-15-13-19(14-16-20)28-25(29)23(18-11-9-17(2)10-12-18)24(26(28)30)27-21-7-5-6-8-22(21)31-3/h5-16,27H,4H2,1-3H3. The summed E-state index contributed by atoms with van der Waals surface area (Å²) < 4.78 is 10.9. The van der Waals surface area contributed by atoms with Gasteiger partial charge in [0.2, 0.25) is 0 Å². The lowest BCUT2D eigenvalue weighted by atomic mass is 10.0. The highest BCUT2D eigenvalue weighted by Crippen LogP contribution is 2.36. The van der Waals surface area contributed by atoms with Crippen LogP contribution >= 0.6 is 0 Å². The largest absolute Gasteiger partial charge is 0.495 e. The van der Waals surface area contributed by atoms with E-state index in [2.05, 4.69) is 5.32 Å². The number of benzene rings is 3. The lowest BCUT2D eigenvalue weighted by Gasteiger charge is -2.16. The molecule has 0 bridgehead atoms. The van der Waals surface area contributed by atoms with Crippen molar-refractivity contribution in [3.63, 3.8) is 0 Å². The Morgan fingerprint density at radius 3 is 2.22 bits per heavy atom. The van der Waals surface area contributed by atoms with Gasteiger partial charge in [0, 0.05) is 0 Å². The summed E-state index contributed by atoms with van der Waals surface area (Å²) in [5.41, 5.74) is 3.33. The number of ether oxygens (including phenoxy) is 2. The fourth-order valence-corrected chi connectivity index (χ4v) is 3.61. The van der Waals surface area contributed by atoms with Gasteiger partial charge in [-0.25, -0.2) is 4.90 Å². The normalized spacial score (nSPS) is 13.5. The maximum atomic E-state index is 13.5. The summed E-state index contributed by atoms with van der Waals surface area (Å²) >= 11 is 0. The van der Waals surface area contributed by atoms with E-state index in [-0.39, 0.29) is 11.6 Å². The monoisotopic (exact) mass is 428 g/mol. The second-order valence-corrected chi connectivity index (χ2v) is 7.31. The zero-order chi connectivity index (χ0) is 22.7. The first kappa shape index (κ1) is 21.2. The number of methoxy groups -OCH3 is 1. The summed E-state index contributed by atoms with van der Waals surface area (Å²) in [5, 5.41) is 3.15. The number of nitrogens with zero attached hydrogens (tertiary/aromatic N) is 1. The van der Waals surface area contributed by atoms with Crippen molar-refractivity contribution in [2.45, 2.75) is 13.8 Å². The number of carbonyl (C=O) groups is 2. The van der Waals surface area contributed by atoms with E-state index >= 15 is 0 Å². The highest BCUT2D eigenvalue weighted by Gasteiger charge is 2.40. The van der Waals surface area contributed by atoms with Gasteiger partial charge in [0.1, 0.15) is 17.2 Å². The molecule has 0 radical (unpaired) electrons. The summed E-state index contributed by atoms with van der Waals surface area (Å²) in [4.78, 5) is 28.2. The van der Waals surface area contributed by atoms with E-state index in [0.29, 0.717) is 40.6 Å². The quantitative estimate of drug-likeness (QED) is 0.548. The Hall–Kier alpha value is -4.06. The lowest BCUT2D eigenvalue weighted by Crippen LogP contribution is -2.32. The first-order valence-electron chi connectivity index (χ1n) is 10.4. The van der Waals surface area contributed by atoms with Crippen molar-refractivity contribution < 1.29 is 19.1 Å². The van der Waals surface area contributed by atoms with Crippen LogP contribution in [0.25, 0.3) is 5.57 Å². The molecule has 3 aromatic carbocycles. The molecule has 0 unspecified atom stereocenters. The van der Waals surface area contributed by atoms with Crippen LogP contribution in [0.2, 0.25) is 0 Å². The van der Waals surface area contributed by atoms with E-state index in [9.17, 15) is 9.59 Å². The van der Waals surface area contributed by atoms with Gasteiger partial charge < -0.3 is 14.8 Å². The number of rotatable bonds is 7. The van der Waals surface area contributed by atoms with Gasteiger partial charge in [-0.15, -0.1) is 0 Å². The van der Waals surface area contributed by atoms with Crippen LogP contribution in [0.1, 0.15) is 18.1 Å². The number of hydrogen-bond donors (Lipinski definition) is 1. The third-order valence-electron chi connectivity index (χ3n) is 5.20. The van der Waals surface area contributed by atoms with Crippen molar-refractivity contribution in [3.05, 3.63) is 89.6 Å². The van der Waals surface area contributed by atoms with E-state index in [0.717, 1.165) is 5.56 Å². The first-order valence-corrected chi connectivity index (χ1v) is 10.4. The minimum atomic E-state index is -0.430. The van der Waals surface area contributed by atoms with Crippen LogP contribution in [0, 0.1) is 6.92 Å². The van der Waals surface area contributed by atoms with E-state index in [1.54, 1.807) is 43.5 Å². The molecule has 162 valence electrons. The molecule has 0 saturated heterocycles. The second kappa shape index (κ2) is 8.98. The van der Waals surface area contributed by atoms with Crippen LogP contribution in [-0.4, -0.2) is 25.5 Å². The van der Waals surface area contributed by atoms with Gasteiger partial charge in [0.05, 0.1) is 30.7 Å². The molecule has 32 heavy (non-hydrogen) atoms. The number of amides is 2. The number of carbonyl (C=O) groups excluding carboxylic acids is 2. The van der Waals surface area contributed by atoms with Gasteiger partial charge in [0.25, 0.3) is 11.8 Å². The number of anilines is 2. The van der Waals surface area contributed by atoms with Crippen molar-refractivity contribution in [2.75, 3.05) is 23.9 Å². The van der Waals surface area contributed by atoms with Gasteiger partial charge in [0.15, 0.2) is 0 Å². The molecular weight excluding hydrogens is 404 g/mol. The lowest BCUT2D eigenvalue weighted by molar-refractivity contribution is -0.120. The van der Waals surface area contributed by atoms with Crippen LogP contribution in [0.15, 0.2) is 78.5 Å². The molecule has 1 N–H and O–H groups in total. The predicted octanol–water partition coefficient (Wildman–Crippen LogP) is 4.80. The number of aryl methyl sites for hydroxylation is 1. The Labute approximate surface area is 187 Å². The number of para-hydroxylation sites is 2. The highest BCUT2D eigenvalue weighted by molar-refractivity contribution is 6.46. The SMILES string of the molecule is CCOc1ccc(N2C(=O)C(Nc3ccccc3OC)=C(c3ccc(C)cc3)C2=O)cc1. The Bertz CT molecular complexity index is 1180. The minimum absolute atomic E-state index is 0.206. The fraction of sp³-hybridized carbons (Fsp3) is 0.154. The third-order valence-corrected chi connectivity index (χ3v) is 5.20. The zero-order valence-corrected chi connectivity index (χ0v) is 18.2. The van der Waals surface area contributed by atoms with E-state index < -0.39 is 5.91 Å². The van der Waals surface area contributed by atoms with Crippen LogP contribution in [0.4, 0.5) is 11.4 Å². The van der Waals surface area contributed by atoms with E-state index in [4.69, 9.17) is 9.47 Å². The zero-order valence-electron chi connectivity index (χ0n) is 18.2. The summed E-state index contributed by atoms with van der Waals surface area (Å²) in [5.74, 6) is 0.429. The topological polar surface area (TPSA) is 67.9 Å². The van der Waals surface area contributed by atoms with Gasteiger partial charge in [-0.05, 0) is 55.8 Å². The molecule has 6 heteroatoms. The summed E-state index contributed by atoms with van der Waals surface area (Å²) in [6.07, 6.45) is 0. The van der Waals surface area contributed by atoms with E-state index in [1.165, 1.54) is 4.90 Å². The van der Waals surface area contributed by atoms with Crippen molar-refractivity contribution in [1.82, 2.24) is 0 Å². The molecule has 3 aromatic rings. The molecule has 6 nitrogen and oxygen atoms in total. The van der Waals surface area contributed by atoms with Crippen LogP contribution < -0.4 is 19.7 Å². The molecule has 0 atom stereocenters. The highest BCUT2D eigenvalue weighted by atomic mass is 16.5. The fourth-order valence-electron chi connectivity index (χ4n) is 3.61. The Kier molecular flexibility index (Phi) is 5.94. The van der Waals surface area contributed by atoms with Crippen molar-refractivity contribution >= 4 is 28.8 Å². The molecule has 1 aliphatic heterocycles. The minimum Gasteiger partial charge on any atom is -0.495 e. The molecule has 0 aliphatic carbocycles. The third kappa shape index (κ3) is 3.95. The van der Waals surface area contributed by atoms with Gasteiger partial charge in [-0.1, -0.05) is 42.0 Å². The Morgan fingerprint density at radius 1 is 0.875 bits per heavy atom. The molecule has 1 aliphatic rings. The van der Waals surface area contributed by atoms with Crippen LogP contribution in [0.5, 0.6) is 11.5 Å². The maximum Gasteiger partial charge on any atom is 0.282 e. The van der Waals surface area contributed by atoms with Gasteiger partial charge in [-0.3, -0.25) is 9.59 Å². The number of nitrogens with one attached hydrogen (secondary N) is 1. The second-order valence-electron chi connectivity index (χ2n) is 7.31. The maximum absolute atomic E-state index is 13.5. The predicted molar refractivity (Wildman–Crippen MR) is 125 cm³/mol. The molecular formula is C26H24N2O4. The van der Waals surface area contributed by atoms with E-state index in [1.807, 2.05) is 50.2 Å². The average Bonchev–Trinajstić information content (AvgIpc) is 3.05. The first-order chi connectivity index (χ1) is 15.5. The molecule has 1 heterocycles. The average molecular weight is 428 g/mol. The summed E-state index contributed by atoms with van der Waals surface area (Å²) in [6, 6.07) is 21.7. The molecule has 0 fully saturated rings. The summed E-state index contributed by atoms with van der Waals surface area (Å²) in [7, 11) is 1.56. The Morgan fingerprint density at radius 2 is 1.56 bits per heavy atom. The smallest absolute Gasteiger partial charge is 0.282 e. The number of imide groups is 1. The van der Waals surface area contributed by atoms with Crippen molar-refractivity contribution in [3.8, 4) is 11.5 Å².